The minimum absolute atomic E-state index is 0.577. The minimum atomic E-state index is 0.577. The van der Waals surface area contributed by atoms with E-state index in [9.17, 15) is 0 Å². The second-order valence-electron chi connectivity index (χ2n) is 3.57. The van der Waals surface area contributed by atoms with Crippen LogP contribution in [0, 0.1) is 5.41 Å². The molecule has 0 saturated carbocycles. The summed E-state index contributed by atoms with van der Waals surface area (Å²) in [5, 5.41) is 11.1. The Labute approximate surface area is 108 Å². The van der Waals surface area contributed by atoms with Gasteiger partial charge in [-0.15, -0.1) is 0 Å². The topological polar surface area (TPSA) is 62.2 Å². The van der Waals surface area contributed by atoms with E-state index < -0.39 is 0 Å². The fourth-order valence-electron chi connectivity index (χ4n) is 1.04. The van der Waals surface area contributed by atoms with Crippen molar-refractivity contribution in [1.82, 2.24) is 0 Å². The van der Waals surface area contributed by atoms with Crippen LogP contribution in [0.15, 0.2) is 5.10 Å². The van der Waals surface area contributed by atoms with Gasteiger partial charge in [0, 0.05) is 0 Å². The van der Waals surface area contributed by atoms with Gasteiger partial charge in [-0.2, -0.15) is 5.10 Å². The molecule has 0 bridgehead atoms. The number of nitrogens with two attached hydrogens (primary N) is 1. The fourth-order valence-corrected chi connectivity index (χ4v) is 1.04. The summed E-state index contributed by atoms with van der Waals surface area (Å²) in [7, 11) is 0. The van der Waals surface area contributed by atoms with Crippen molar-refractivity contribution < 1.29 is 0 Å². The Morgan fingerprint density at radius 2 is 1.53 bits per heavy atom. The molecule has 0 aromatic carbocycles. The van der Waals surface area contributed by atoms with Gasteiger partial charge < -0.3 is 11.3 Å². The van der Waals surface area contributed by atoms with Gasteiger partial charge in [-0.3, -0.25) is 0 Å². The summed E-state index contributed by atoms with van der Waals surface area (Å²) in [5.74, 6) is 5.18. The van der Waals surface area contributed by atoms with E-state index in [0.717, 1.165) is 25.0 Å². The Morgan fingerprint density at radius 3 is 1.82 bits per heavy atom. The van der Waals surface area contributed by atoms with Crippen LogP contribution in [-0.4, -0.2) is 11.4 Å². The van der Waals surface area contributed by atoms with E-state index >= 15 is 0 Å². The van der Waals surface area contributed by atoms with Crippen molar-refractivity contribution in [2.45, 2.75) is 80.1 Å². The molecule has 0 aromatic rings. The molecule has 3 nitrogen and oxygen atoms in total. The van der Waals surface area contributed by atoms with Gasteiger partial charge in [0.2, 0.25) is 0 Å². The molecule has 0 aromatic heterocycles. The summed E-state index contributed by atoms with van der Waals surface area (Å²) in [4.78, 5) is 0. The molecule has 0 radical (unpaired) electrons. The zero-order valence-corrected chi connectivity index (χ0v) is 12.8. The Morgan fingerprint density at radius 1 is 1.06 bits per heavy atom. The maximum Gasteiger partial charge on any atom is 0.0807 e. The first kappa shape index (κ1) is 21.4. The Balaban J connectivity index is -0.000000337. The van der Waals surface area contributed by atoms with Crippen LogP contribution in [0.5, 0.6) is 0 Å². The molecular weight excluding hydrogens is 210 g/mol. The van der Waals surface area contributed by atoms with Crippen molar-refractivity contribution >= 4 is 11.4 Å². The molecule has 17 heavy (non-hydrogen) atoms. The van der Waals surface area contributed by atoms with E-state index in [4.69, 9.17) is 11.3 Å². The molecule has 0 amide bonds. The van der Waals surface area contributed by atoms with Gasteiger partial charge in [-0.1, -0.05) is 60.8 Å². The molecule has 3 N–H and O–H groups in total. The molecule has 0 spiro atoms. The fraction of sp³-hybridized carbons (Fsp3) is 0.857. The predicted molar refractivity (Wildman–Crippen MR) is 81.1 cm³/mol. The number of hydrogen-bond donors (Lipinski definition) is 2. The van der Waals surface area contributed by atoms with Crippen LogP contribution in [-0.2, 0) is 0 Å². The lowest BCUT2D eigenvalue weighted by molar-refractivity contribution is 0.742. The van der Waals surface area contributed by atoms with Crippen molar-refractivity contribution in [3.05, 3.63) is 0 Å². The number of hydrogen-bond acceptors (Lipinski definition) is 3. The largest absolute Gasteiger partial charge is 0.323 e. The first-order valence-electron chi connectivity index (χ1n) is 7.02. The quantitative estimate of drug-likeness (QED) is 0.300. The number of unbranched alkanes of at least 4 members (excludes halogenated alkanes) is 2. The Bertz CT molecular complexity index is 174. The lowest BCUT2D eigenvalue weighted by atomic mass is 10.1. The van der Waals surface area contributed by atoms with Crippen molar-refractivity contribution in [3.63, 3.8) is 0 Å². The van der Waals surface area contributed by atoms with Crippen LogP contribution in [0.2, 0.25) is 0 Å². The van der Waals surface area contributed by atoms with Gasteiger partial charge in [-0.25, -0.2) is 0 Å². The number of hydrazone groups is 1. The predicted octanol–water partition coefficient (Wildman–Crippen LogP) is 4.75. The summed E-state index contributed by atoms with van der Waals surface area (Å²) < 4.78 is 0. The van der Waals surface area contributed by atoms with Crippen LogP contribution in [0.1, 0.15) is 80.1 Å². The van der Waals surface area contributed by atoms with Gasteiger partial charge in [0.05, 0.1) is 11.4 Å². The maximum atomic E-state index is 7.52. The molecule has 0 saturated heterocycles. The second kappa shape index (κ2) is 20.5. The van der Waals surface area contributed by atoms with Crippen LogP contribution in [0.4, 0.5) is 0 Å². The number of nitrogens with one attached hydrogen (secondary N) is 1. The summed E-state index contributed by atoms with van der Waals surface area (Å²) in [6, 6.07) is 0. The van der Waals surface area contributed by atoms with Gasteiger partial charge in [-0.05, 0) is 19.3 Å². The van der Waals surface area contributed by atoms with E-state index in [1.165, 1.54) is 19.3 Å². The van der Waals surface area contributed by atoms with E-state index in [0.29, 0.717) is 5.71 Å². The molecule has 104 valence electrons. The summed E-state index contributed by atoms with van der Waals surface area (Å²) in [6.07, 6.45) is 6.31. The molecule has 0 fully saturated rings. The zero-order chi connectivity index (χ0) is 14.1. The second-order valence-corrected chi connectivity index (χ2v) is 3.57. The van der Waals surface area contributed by atoms with E-state index in [1.807, 2.05) is 20.8 Å². The summed E-state index contributed by atoms with van der Waals surface area (Å²) in [6.45, 7) is 12.4. The van der Waals surface area contributed by atoms with Gasteiger partial charge >= 0.3 is 0 Å². The highest BCUT2D eigenvalue weighted by Gasteiger charge is 2.03. The molecule has 3 heteroatoms. The molecule has 0 heterocycles. The van der Waals surface area contributed by atoms with E-state index in [1.54, 1.807) is 0 Å². The highest BCUT2D eigenvalue weighted by Crippen LogP contribution is 2.02. The molecule has 0 aliphatic heterocycles. The van der Waals surface area contributed by atoms with Crippen LogP contribution in [0.3, 0.4) is 0 Å². The lowest BCUT2D eigenvalue weighted by Gasteiger charge is -2.03. The Hall–Kier alpha value is -0.860. The first-order chi connectivity index (χ1) is 8.17. The van der Waals surface area contributed by atoms with Gasteiger partial charge in [0.1, 0.15) is 0 Å². The zero-order valence-electron chi connectivity index (χ0n) is 12.8. The summed E-state index contributed by atoms with van der Waals surface area (Å²) >= 11 is 0. The van der Waals surface area contributed by atoms with E-state index in [-0.39, 0.29) is 0 Å². The molecular formula is C14H33N3. The van der Waals surface area contributed by atoms with Crippen molar-refractivity contribution in [2.24, 2.45) is 10.9 Å². The average molecular weight is 243 g/mol. The first-order valence-corrected chi connectivity index (χ1v) is 7.02. The normalized spacial score (nSPS) is 9.65. The monoisotopic (exact) mass is 243 g/mol. The molecule has 0 unspecified atom stereocenters. The third-order valence-electron chi connectivity index (χ3n) is 1.87. The average Bonchev–Trinajstić information content (AvgIpc) is 2.37. The Kier molecular flexibility index (Phi) is 25.9. The molecule has 0 aliphatic rings. The summed E-state index contributed by atoms with van der Waals surface area (Å²) in [5.41, 5.74) is 1.35. The maximum absolute atomic E-state index is 7.52. The van der Waals surface area contributed by atoms with Crippen LogP contribution < -0.4 is 5.84 Å². The van der Waals surface area contributed by atoms with Crippen molar-refractivity contribution in [3.8, 4) is 0 Å². The molecule has 0 rings (SSSR count). The highest BCUT2D eigenvalue weighted by atomic mass is 15.1. The standard InChI is InChI=1S/C9H19N3.C3H8.C2H6/c1-3-5-6-7-9(12-11)8(10)4-2;1-3-2;1-2/h10H,3-7,11H2,1-2H3;3H2,1-2H3;1-2H3/b10-8?,12-9-;;. The third-order valence-corrected chi connectivity index (χ3v) is 1.87. The van der Waals surface area contributed by atoms with E-state index in [2.05, 4.69) is 25.9 Å². The minimum Gasteiger partial charge on any atom is -0.323 e. The van der Waals surface area contributed by atoms with Crippen molar-refractivity contribution in [1.29, 1.82) is 5.41 Å². The number of rotatable bonds is 6. The SMILES string of the molecule is CC.CCC.CCCCC/C(=N/N)C(=N)CC. The smallest absolute Gasteiger partial charge is 0.0807 e. The molecule has 0 aliphatic carbocycles. The highest BCUT2D eigenvalue weighted by molar-refractivity contribution is 6.40. The lowest BCUT2D eigenvalue weighted by Crippen LogP contribution is -2.14. The van der Waals surface area contributed by atoms with Crippen LogP contribution >= 0.6 is 0 Å². The number of nitrogens with zero attached hydrogens (tertiary/aromatic N) is 1. The molecule has 0 atom stereocenters. The van der Waals surface area contributed by atoms with Crippen molar-refractivity contribution in [2.75, 3.05) is 0 Å². The van der Waals surface area contributed by atoms with Gasteiger partial charge in [0.25, 0.3) is 0 Å². The third kappa shape index (κ3) is 17.7. The van der Waals surface area contributed by atoms with Gasteiger partial charge in [0.15, 0.2) is 0 Å². The van der Waals surface area contributed by atoms with Crippen LogP contribution in [0.25, 0.3) is 0 Å².